The van der Waals surface area contributed by atoms with Crippen molar-refractivity contribution in [2.45, 2.75) is 20.4 Å². The Labute approximate surface area is 167 Å². The van der Waals surface area contributed by atoms with Crippen molar-refractivity contribution in [2.75, 3.05) is 0 Å². The fraction of sp³-hybridized carbons (Fsp3) is 0.143. The summed E-state index contributed by atoms with van der Waals surface area (Å²) in [6, 6.07) is 15.7. The van der Waals surface area contributed by atoms with Crippen LogP contribution in [0.2, 0.25) is 10.0 Å². The molecule has 4 nitrogen and oxygen atoms in total. The Hall–Kier alpha value is -2.40. The average molecular weight is 397 g/mol. The van der Waals surface area contributed by atoms with Crippen molar-refractivity contribution in [2.24, 2.45) is 5.73 Å². The molecule has 6 heteroatoms. The second-order valence-corrected chi connectivity index (χ2v) is 7.37. The van der Waals surface area contributed by atoms with Gasteiger partial charge in [-0.05, 0) is 38.1 Å². The SMILES string of the molecule is Cc1cccc(-c2cc3nc(C)c(CN)c(-c4ccc(Cl)cc4Cl)n3n2)c1. The van der Waals surface area contributed by atoms with Crippen molar-refractivity contribution in [3.63, 3.8) is 0 Å². The van der Waals surface area contributed by atoms with Crippen molar-refractivity contribution >= 4 is 28.8 Å². The quantitative estimate of drug-likeness (QED) is 0.501. The van der Waals surface area contributed by atoms with Gasteiger partial charge in [0.15, 0.2) is 5.65 Å². The molecule has 4 aromatic rings. The molecule has 0 radical (unpaired) electrons. The molecule has 2 N–H and O–H groups in total. The minimum absolute atomic E-state index is 0.336. The molecular weight excluding hydrogens is 379 g/mol. The van der Waals surface area contributed by atoms with Crippen LogP contribution < -0.4 is 5.73 Å². The molecule has 0 fully saturated rings. The van der Waals surface area contributed by atoms with Gasteiger partial charge in [-0.25, -0.2) is 9.50 Å². The van der Waals surface area contributed by atoms with Crippen LogP contribution in [-0.4, -0.2) is 14.6 Å². The second kappa shape index (κ2) is 6.97. The largest absolute Gasteiger partial charge is 0.326 e. The zero-order valence-electron chi connectivity index (χ0n) is 15.0. The van der Waals surface area contributed by atoms with Crippen LogP contribution in [0.1, 0.15) is 16.8 Å². The number of rotatable bonds is 3. The molecule has 0 saturated carbocycles. The zero-order valence-corrected chi connectivity index (χ0v) is 16.5. The minimum atomic E-state index is 0.336. The Balaban J connectivity index is 2.03. The van der Waals surface area contributed by atoms with E-state index in [-0.39, 0.29) is 0 Å². The van der Waals surface area contributed by atoms with Gasteiger partial charge in [-0.15, -0.1) is 0 Å². The highest BCUT2D eigenvalue weighted by Crippen LogP contribution is 2.34. The predicted molar refractivity (Wildman–Crippen MR) is 111 cm³/mol. The summed E-state index contributed by atoms with van der Waals surface area (Å²) in [6.07, 6.45) is 0. The van der Waals surface area contributed by atoms with Crippen molar-refractivity contribution in [3.8, 4) is 22.5 Å². The van der Waals surface area contributed by atoms with Crippen LogP contribution >= 0.6 is 23.2 Å². The highest BCUT2D eigenvalue weighted by Gasteiger charge is 2.18. The van der Waals surface area contributed by atoms with E-state index in [0.29, 0.717) is 16.6 Å². The van der Waals surface area contributed by atoms with Crippen molar-refractivity contribution in [1.29, 1.82) is 0 Å². The first-order chi connectivity index (χ1) is 13.0. The fourth-order valence-corrected chi connectivity index (χ4v) is 3.80. The van der Waals surface area contributed by atoms with E-state index in [2.05, 4.69) is 19.1 Å². The maximum absolute atomic E-state index is 6.50. The number of fused-ring (bicyclic) bond motifs is 1. The zero-order chi connectivity index (χ0) is 19.1. The Bertz CT molecular complexity index is 1160. The lowest BCUT2D eigenvalue weighted by Gasteiger charge is -2.14. The van der Waals surface area contributed by atoms with Gasteiger partial charge in [0.2, 0.25) is 0 Å². The summed E-state index contributed by atoms with van der Waals surface area (Å²) < 4.78 is 1.82. The third-order valence-corrected chi connectivity index (χ3v) is 5.16. The number of nitrogens with two attached hydrogens (primary N) is 1. The molecule has 0 aliphatic rings. The van der Waals surface area contributed by atoms with Crippen molar-refractivity contribution in [1.82, 2.24) is 14.6 Å². The van der Waals surface area contributed by atoms with E-state index in [0.717, 1.165) is 39.4 Å². The second-order valence-electron chi connectivity index (χ2n) is 6.52. The summed E-state index contributed by atoms with van der Waals surface area (Å²) in [5.74, 6) is 0. The maximum Gasteiger partial charge on any atom is 0.156 e. The van der Waals surface area contributed by atoms with Crippen LogP contribution in [0.15, 0.2) is 48.5 Å². The van der Waals surface area contributed by atoms with Gasteiger partial charge >= 0.3 is 0 Å². The van der Waals surface area contributed by atoms with E-state index < -0.39 is 0 Å². The summed E-state index contributed by atoms with van der Waals surface area (Å²) in [5.41, 5.74) is 13.3. The molecule has 0 atom stereocenters. The van der Waals surface area contributed by atoms with Crippen LogP contribution in [0, 0.1) is 13.8 Å². The Kier molecular flexibility index (Phi) is 4.64. The van der Waals surface area contributed by atoms with Crippen LogP contribution in [0.4, 0.5) is 0 Å². The molecule has 0 aliphatic carbocycles. The van der Waals surface area contributed by atoms with Crippen LogP contribution in [-0.2, 0) is 6.54 Å². The van der Waals surface area contributed by atoms with Gasteiger partial charge in [-0.3, -0.25) is 0 Å². The number of benzene rings is 2. The summed E-state index contributed by atoms with van der Waals surface area (Å²) in [7, 11) is 0. The summed E-state index contributed by atoms with van der Waals surface area (Å²) in [4.78, 5) is 4.70. The van der Waals surface area contributed by atoms with Gasteiger partial charge < -0.3 is 5.73 Å². The van der Waals surface area contributed by atoms with Crippen LogP contribution in [0.3, 0.4) is 0 Å². The average Bonchev–Trinajstić information content (AvgIpc) is 3.04. The lowest BCUT2D eigenvalue weighted by Crippen LogP contribution is -2.09. The summed E-state index contributed by atoms with van der Waals surface area (Å²) in [6.45, 7) is 4.35. The molecule has 27 heavy (non-hydrogen) atoms. The number of nitrogens with zero attached hydrogens (tertiary/aromatic N) is 3. The van der Waals surface area contributed by atoms with E-state index in [9.17, 15) is 0 Å². The monoisotopic (exact) mass is 396 g/mol. The number of hydrogen-bond acceptors (Lipinski definition) is 3. The molecule has 136 valence electrons. The first-order valence-electron chi connectivity index (χ1n) is 8.59. The molecule has 0 unspecified atom stereocenters. The Morgan fingerprint density at radius 2 is 1.85 bits per heavy atom. The topological polar surface area (TPSA) is 56.2 Å². The van der Waals surface area contributed by atoms with E-state index >= 15 is 0 Å². The molecule has 2 aromatic carbocycles. The van der Waals surface area contributed by atoms with E-state index in [1.54, 1.807) is 6.07 Å². The normalized spacial score (nSPS) is 11.3. The number of halogens is 2. The highest BCUT2D eigenvalue weighted by molar-refractivity contribution is 6.36. The molecule has 2 aromatic heterocycles. The molecule has 0 saturated heterocycles. The van der Waals surface area contributed by atoms with Crippen molar-refractivity contribution in [3.05, 3.63) is 75.4 Å². The van der Waals surface area contributed by atoms with Gasteiger partial charge in [-0.1, -0.05) is 47.0 Å². The first-order valence-corrected chi connectivity index (χ1v) is 9.35. The molecule has 0 spiro atoms. The molecule has 2 heterocycles. The van der Waals surface area contributed by atoms with E-state index in [4.69, 9.17) is 39.0 Å². The van der Waals surface area contributed by atoms with Crippen LogP contribution in [0.5, 0.6) is 0 Å². The Morgan fingerprint density at radius 1 is 1.04 bits per heavy atom. The fourth-order valence-electron chi connectivity index (χ4n) is 3.30. The third-order valence-electron chi connectivity index (χ3n) is 4.61. The van der Waals surface area contributed by atoms with E-state index in [1.807, 2.05) is 41.8 Å². The van der Waals surface area contributed by atoms with Gasteiger partial charge in [0.1, 0.15) is 0 Å². The van der Waals surface area contributed by atoms with E-state index in [1.165, 1.54) is 5.56 Å². The van der Waals surface area contributed by atoms with Crippen LogP contribution in [0.25, 0.3) is 28.2 Å². The molecular formula is C21H18Cl2N4. The predicted octanol–water partition coefficient (Wildman–Crippen LogP) is 5.45. The number of hydrogen-bond donors (Lipinski definition) is 1. The molecule has 0 bridgehead atoms. The van der Waals surface area contributed by atoms with Gasteiger partial charge in [0.25, 0.3) is 0 Å². The lowest BCUT2D eigenvalue weighted by atomic mass is 10.0. The minimum Gasteiger partial charge on any atom is -0.326 e. The summed E-state index contributed by atoms with van der Waals surface area (Å²) >= 11 is 12.6. The highest BCUT2D eigenvalue weighted by atomic mass is 35.5. The third kappa shape index (κ3) is 3.21. The molecule has 4 rings (SSSR count). The van der Waals surface area contributed by atoms with Gasteiger partial charge in [-0.2, -0.15) is 5.10 Å². The smallest absolute Gasteiger partial charge is 0.156 e. The molecule has 0 amide bonds. The standard InChI is InChI=1S/C21H18Cl2N4/c1-12-4-3-5-14(8-12)19-10-20-25-13(2)17(11-24)21(27(20)26-19)16-7-6-15(22)9-18(16)23/h3-10H,11,24H2,1-2H3. The van der Waals surface area contributed by atoms with Gasteiger partial charge in [0.05, 0.1) is 16.4 Å². The summed E-state index contributed by atoms with van der Waals surface area (Å²) in [5, 5.41) is 5.96. The molecule has 0 aliphatic heterocycles. The van der Waals surface area contributed by atoms with Gasteiger partial charge in [0, 0.05) is 40.0 Å². The lowest BCUT2D eigenvalue weighted by molar-refractivity contribution is 0.898. The number of aryl methyl sites for hydroxylation is 2. The van der Waals surface area contributed by atoms with Crippen molar-refractivity contribution < 1.29 is 0 Å². The first kappa shape index (κ1) is 18.0. The Morgan fingerprint density at radius 3 is 2.56 bits per heavy atom. The maximum atomic E-state index is 6.50. The number of aromatic nitrogens is 3.